The van der Waals surface area contributed by atoms with E-state index in [0.717, 1.165) is 29.9 Å². The summed E-state index contributed by atoms with van der Waals surface area (Å²) in [5.41, 5.74) is 4.87. The summed E-state index contributed by atoms with van der Waals surface area (Å²) >= 11 is 0. The molecule has 1 N–H and O–H groups in total. The summed E-state index contributed by atoms with van der Waals surface area (Å²) < 4.78 is 0. The zero-order valence-electron chi connectivity index (χ0n) is 14.0. The number of anilines is 1. The lowest BCUT2D eigenvalue weighted by atomic mass is 10.1. The molecule has 0 aliphatic heterocycles. The molecule has 0 amide bonds. The van der Waals surface area contributed by atoms with E-state index in [1.54, 1.807) is 12.4 Å². The number of rotatable bonds is 5. The van der Waals surface area contributed by atoms with E-state index < -0.39 is 0 Å². The fraction of sp³-hybridized carbons (Fsp3) is 0.238. The largest absolute Gasteiger partial charge is 0.392 e. The number of aliphatic hydroxyl groups is 1. The molecule has 1 aliphatic carbocycles. The summed E-state index contributed by atoms with van der Waals surface area (Å²) in [5.74, 6) is 0.813. The Labute approximate surface area is 147 Å². The fourth-order valence-electron chi connectivity index (χ4n) is 3.58. The second-order valence-corrected chi connectivity index (χ2v) is 6.45. The van der Waals surface area contributed by atoms with E-state index in [0.29, 0.717) is 12.6 Å². The molecule has 25 heavy (non-hydrogen) atoms. The SMILES string of the molecule is OCc1cccc(N(Cc2ncccn2)C2Cc3ccccc3C2)c1. The highest BCUT2D eigenvalue weighted by molar-refractivity contribution is 5.51. The minimum Gasteiger partial charge on any atom is -0.392 e. The van der Waals surface area contributed by atoms with Gasteiger partial charge in [0.05, 0.1) is 13.2 Å². The summed E-state index contributed by atoms with van der Waals surface area (Å²) in [6.45, 7) is 0.711. The van der Waals surface area contributed by atoms with Crippen LogP contribution >= 0.6 is 0 Å². The molecular formula is C21H21N3O. The molecule has 0 saturated heterocycles. The van der Waals surface area contributed by atoms with Gasteiger partial charge in [-0.15, -0.1) is 0 Å². The van der Waals surface area contributed by atoms with Gasteiger partial charge in [0.1, 0.15) is 5.82 Å². The molecule has 0 atom stereocenters. The Morgan fingerprint density at radius 1 is 0.920 bits per heavy atom. The average molecular weight is 331 g/mol. The molecule has 1 heterocycles. The molecular weight excluding hydrogens is 310 g/mol. The van der Waals surface area contributed by atoms with Gasteiger partial charge in [0.15, 0.2) is 0 Å². The second kappa shape index (κ2) is 7.03. The van der Waals surface area contributed by atoms with Gasteiger partial charge < -0.3 is 10.0 Å². The van der Waals surface area contributed by atoms with E-state index in [2.05, 4.69) is 51.3 Å². The van der Waals surface area contributed by atoms with Gasteiger partial charge in [0.2, 0.25) is 0 Å². The number of nitrogens with zero attached hydrogens (tertiary/aromatic N) is 3. The molecule has 126 valence electrons. The molecule has 1 aliphatic rings. The zero-order chi connectivity index (χ0) is 17.1. The molecule has 0 radical (unpaired) electrons. The number of hydrogen-bond acceptors (Lipinski definition) is 4. The van der Waals surface area contributed by atoms with Crippen molar-refractivity contribution in [3.63, 3.8) is 0 Å². The normalized spacial score (nSPS) is 13.6. The van der Waals surface area contributed by atoms with Crippen LogP contribution in [-0.2, 0) is 26.0 Å². The van der Waals surface area contributed by atoms with Crippen LogP contribution in [0, 0.1) is 0 Å². The third-order valence-electron chi connectivity index (χ3n) is 4.83. The molecule has 2 aromatic carbocycles. The van der Waals surface area contributed by atoms with Crippen molar-refractivity contribution in [2.24, 2.45) is 0 Å². The summed E-state index contributed by atoms with van der Waals surface area (Å²) in [5, 5.41) is 9.50. The predicted molar refractivity (Wildman–Crippen MR) is 98.2 cm³/mol. The van der Waals surface area contributed by atoms with Crippen molar-refractivity contribution >= 4 is 5.69 Å². The predicted octanol–water partition coefficient (Wildman–Crippen LogP) is 3.14. The van der Waals surface area contributed by atoms with Gasteiger partial charge in [-0.1, -0.05) is 36.4 Å². The molecule has 4 nitrogen and oxygen atoms in total. The second-order valence-electron chi connectivity index (χ2n) is 6.45. The Morgan fingerprint density at radius 2 is 1.64 bits per heavy atom. The van der Waals surface area contributed by atoms with Crippen molar-refractivity contribution < 1.29 is 5.11 Å². The van der Waals surface area contributed by atoms with Crippen LogP contribution in [0.5, 0.6) is 0 Å². The number of aliphatic hydroxyl groups excluding tert-OH is 1. The Kier molecular flexibility index (Phi) is 4.44. The first-order valence-electron chi connectivity index (χ1n) is 8.62. The average Bonchev–Trinajstić information content (AvgIpc) is 3.11. The van der Waals surface area contributed by atoms with E-state index >= 15 is 0 Å². The smallest absolute Gasteiger partial charge is 0.147 e. The number of benzene rings is 2. The Hall–Kier alpha value is -2.72. The maximum atomic E-state index is 9.50. The third-order valence-corrected chi connectivity index (χ3v) is 4.83. The zero-order valence-corrected chi connectivity index (χ0v) is 14.0. The summed E-state index contributed by atoms with van der Waals surface area (Å²) in [6.07, 6.45) is 5.61. The van der Waals surface area contributed by atoms with Gasteiger partial charge in [-0.05, 0) is 47.7 Å². The maximum absolute atomic E-state index is 9.50. The highest BCUT2D eigenvalue weighted by Gasteiger charge is 2.27. The van der Waals surface area contributed by atoms with Crippen LogP contribution in [-0.4, -0.2) is 21.1 Å². The van der Waals surface area contributed by atoms with Gasteiger partial charge in [0, 0.05) is 24.1 Å². The molecule has 0 fully saturated rings. The summed E-state index contributed by atoms with van der Waals surface area (Å²) in [7, 11) is 0. The lowest BCUT2D eigenvalue weighted by Crippen LogP contribution is -2.36. The molecule has 1 aromatic heterocycles. The standard InChI is InChI=1S/C21H21N3O/c25-15-16-5-3-8-19(11-16)24(14-21-22-9-4-10-23-21)20-12-17-6-1-2-7-18(17)13-20/h1-11,20,25H,12-15H2. The van der Waals surface area contributed by atoms with Crippen molar-refractivity contribution in [1.82, 2.24) is 9.97 Å². The number of hydrogen-bond donors (Lipinski definition) is 1. The van der Waals surface area contributed by atoms with Crippen LogP contribution in [0.2, 0.25) is 0 Å². The van der Waals surface area contributed by atoms with Crippen LogP contribution in [0.4, 0.5) is 5.69 Å². The number of fused-ring (bicyclic) bond motifs is 1. The maximum Gasteiger partial charge on any atom is 0.147 e. The van der Waals surface area contributed by atoms with Gasteiger partial charge in [0.25, 0.3) is 0 Å². The van der Waals surface area contributed by atoms with Crippen LogP contribution in [0.15, 0.2) is 67.0 Å². The first-order chi connectivity index (χ1) is 12.3. The molecule has 0 spiro atoms. The van der Waals surface area contributed by atoms with Gasteiger partial charge in [-0.3, -0.25) is 0 Å². The van der Waals surface area contributed by atoms with Crippen molar-refractivity contribution in [3.05, 3.63) is 89.5 Å². The topological polar surface area (TPSA) is 49.2 Å². The molecule has 0 saturated carbocycles. The Balaban J connectivity index is 1.66. The van der Waals surface area contributed by atoms with E-state index in [1.165, 1.54) is 11.1 Å². The Morgan fingerprint density at radius 3 is 2.32 bits per heavy atom. The summed E-state index contributed by atoms with van der Waals surface area (Å²) in [4.78, 5) is 11.2. The van der Waals surface area contributed by atoms with E-state index in [9.17, 15) is 5.11 Å². The van der Waals surface area contributed by atoms with Crippen molar-refractivity contribution in [1.29, 1.82) is 0 Å². The third kappa shape index (κ3) is 3.39. The monoisotopic (exact) mass is 331 g/mol. The highest BCUT2D eigenvalue weighted by Crippen LogP contribution is 2.30. The van der Waals surface area contributed by atoms with Crippen molar-refractivity contribution in [3.8, 4) is 0 Å². The lowest BCUT2D eigenvalue weighted by molar-refractivity contribution is 0.282. The molecule has 4 heteroatoms. The Bertz CT molecular complexity index is 826. The van der Waals surface area contributed by atoms with Crippen LogP contribution in [0.3, 0.4) is 0 Å². The van der Waals surface area contributed by atoms with Gasteiger partial charge in [-0.2, -0.15) is 0 Å². The van der Waals surface area contributed by atoms with E-state index in [-0.39, 0.29) is 6.61 Å². The molecule has 3 aromatic rings. The van der Waals surface area contributed by atoms with Crippen LogP contribution < -0.4 is 4.90 Å². The van der Waals surface area contributed by atoms with Gasteiger partial charge in [-0.25, -0.2) is 9.97 Å². The quantitative estimate of drug-likeness (QED) is 0.780. The summed E-state index contributed by atoms with van der Waals surface area (Å²) in [6, 6.07) is 19.0. The first-order valence-corrected chi connectivity index (χ1v) is 8.62. The lowest BCUT2D eigenvalue weighted by Gasteiger charge is -2.31. The molecule has 4 rings (SSSR count). The molecule has 0 bridgehead atoms. The minimum absolute atomic E-state index is 0.0500. The van der Waals surface area contributed by atoms with Crippen LogP contribution in [0.1, 0.15) is 22.5 Å². The number of aromatic nitrogens is 2. The van der Waals surface area contributed by atoms with Crippen molar-refractivity contribution in [2.75, 3.05) is 4.90 Å². The van der Waals surface area contributed by atoms with Crippen molar-refractivity contribution in [2.45, 2.75) is 32.0 Å². The van der Waals surface area contributed by atoms with E-state index in [4.69, 9.17) is 0 Å². The first kappa shape index (κ1) is 15.8. The molecule has 0 unspecified atom stereocenters. The minimum atomic E-state index is 0.0500. The van der Waals surface area contributed by atoms with Crippen LogP contribution in [0.25, 0.3) is 0 Å². The van der Waals surface area contributed by atoms with E-state index in [1.807, 2.05) is 18.2 Å². The fourth-order valence-corrected chi connectivity index (χ4v) is 3.58. The highest BCUT2D eigenvalue weighted by atomic mass is 16.3. The van der Waals surface area contributed by atoms with Gasteiger partial charge >= 0.3 is 0 Å².